The Morgan fingerprint density at radius 2 is 1.16 bits per heavy atom. The molecule has 4 rings (SSSR count). The predicted octanol–water partition coefficient (Wildman–Crippen LogP) is 8.02. The Morgan fingerprint density at radius 3 is 1.57 bits per heavy atom. The first-order chi connectivity index (χ1) is 17.4. The van der Waals surface area contributed by atoms with Gasteiger partial charge in [0.15, 0.2) is 5.78 Å². The van der Waals surface area contributed by atoms with Crippen LogP contribution in [0.3, 0.4) is 0 Å². The number of Topliss-reactive ketones (excluding diaryl/α,β-unsaturated/α-hetero) is 1. The van der Waals surface area contributed by atoms with Gasteiger partial charge in [0, 0.05) is 11.1 Å². The minimum Gasteiger partial charge on any atom is -0.289 e. The standard InChI is InChI=1S/C29H19F6NO/c30-28(31,32)24-10-4-6-19(14-24)12-21-16-27(18-36,23-8-2-1-3-9-23)17-22(26(21)37)13-20-7-5-11-25(15-20)29(33,34)35/h1-15H,16-17H2/b21-12-,22-13+. The first-order valence-corrected chi connectivity index (χ1v) is 11.2. The number of carbonyl (C=O) groups excluding carboxylic acids is 1. The molecule has 188 valence electrons. The van der Waals surface area contributed by atoms with E-state index in [1.54, 1.807) is 30.3 Å². The van der Waals surface area contributed by atoms with Gasteiger partial charge >= 0.3 is 12.4 Å². The zero-order valence-corrected chi connectivity index (χ0v) is 19.2. The number of nitrogens with zero attached hydrogens (tertiary/aromatic N) is 1. The molecule has 3 aromatic rings. The third kappa shape index (κ3) is 5.67. The van der Waals surface area contributed by atoms with Crippen molar-refractivity contribution < 1.29 is 31.1 Å². The van der Waals surface area contributed by atoms with Crippen LogP contribution in [0, 0.1) is 11.3 Å². The molecule has 0 aromatic heterocycles. The highest BCUT2D eigenvalue weighted by atomic mass is 19.4. The molecular weight excluding hydrogens is 492 g/mol. The Hall–Kier alpha value is -4.12. The van der Waals surface area contributed by atoms with E-state index in [1.807, 2.05) is 0 Å². The van der Waals surface area contributed by atoms with Gasteiger partial charge in [-0.05, 0) is 65.9 Å². The lowest BCUT2D eigenvalue weighted by Crippen LogP contribution is -2.33. The zero-order chi connectivity index (χ0) is 26.8. The minimum atomic E-state index is -4.58. The highest BCUT2D eigenvalue weighted by Gasteiger charge is 2.42. The second-order valence-corrected chi connectivity index (χ2v) is 8.83. The largest absolute Gasteiger partial charge is 0.416 e. The summed E-state index contributed by atoms with van der Waals surface area (Å²) < 4.78 is 79.3. The predicted molar refractivity (Wildman–Crippen MR) is 127 cm³/mol. The van der Waals surface area contributed by atoms with E-state index in [-0.39, 0.29) is 35.1 Å². The van der Waals surface area contributed by atoms with E-state index < -0.39 is 34.7 Å². The van der Waals surface area contributed by atoms with Gasteiger partial charge in [-0.2, -0.15) is 31.6 Å². The molecular formula is C29H19F6NO. The van der Waals surface area contributed by atoms with Gasteiger partial charge in [-0.25, -0.2) is 0 Å². The van der Waals surface area contributed by atoms with Gasteiger partial charge in [0.05, 0.1) is 22.6 Å². The Balaban J connectivity index is 1.85. The molecule has 1 atom stereocenters. The van der Waals surface area contributed by atoms with Crippen LogP contribution < -0.4 is 0 Å². The second kappa shape index (κ2) is 9.74. The molecule has 37 heavy (non-hydrogen) atoms. The van der Waals surface area contributed by atoms with Gasteiger partial charge in [-0.1, -0.05) is 54.6 Å². The molecule has 0 N–H and O–H groups in total. The number of rotatable bonds is 3. The molecule has 0 bridgehead atoms. The van der Waals surface area contributed by atoms with Crippen LogP contribution in [0.25, 0.3) is 12.2 Å². The van der Waals surface area contributed by atoms with Crippen LogP contribution in [0.1, 0.15) is 40.7 Å². The number of ketones is 1. The van der Waals surface area contributed by atoms with Crippen molar-refractivity contribution >= 4 is 17.9 Å². The van der Waals surface area contributed by atoms with Crippen LogP contribution in [0.15, 0.2) is 90.0 Å². The number of halogens is 6. The fourth-order valence-electron chi connectivity index (χ4n) is 4.43. The second-order valence-electron chi connectivity index (χ2n) is 8.83. The van der Waals surface area contributed by atoms with Crippen LogP contribution in [-0.2, 0) is 22.6 Å². The molecule has 1 aliphatic carbocycles. The smallest absolute Gasteiger partial charge is 0.289 e. The first-order valence-electron chi connectivity index (χ1n) is 11.2. The van der Waals surface area contributed by atoms with E-state index in [1.165, 1.54) is 36.4 Å². The number of hydrogen-bond donors (Lipinski definition) is 0. The van der Waals surface area contributed by atoms with Gasteiger partial charge in [0.25, 0.3) is 0 Å². The fourth-order valence-corrected chi connectivity index (χ4v) is 4.43. The third-order valence-electron chi connectivity index (χ3n) is 6.22. The summed E-state index contributed by atoms with van der Waals surface area (Å²) >= 11 is 0. The quantitative estimate of drug-likeness (QED) is 0.264. The summed E-state index contributed by atoms with van der Waals surface area (Å²) in [7, 11) is 0. The summed E-state index contributed by atoms with van der Waals surface area (Å²) in [5.41, 5.74) is -2.00. The third-order valence-corrected chi connectivity index (χ3v) is 6.22. The Bertz CT molecular complexity index is 1350. The minimum absolute atomic E-state index is 0.0669. The molecule has 0 spiro atoms. The molecule has 8 heteroatoms. The summed E-state index contributed by atoms with van der Waals surface area (Å²) in [6.07, 6.45) is -6.68. The normalized spacial score (nSPS) is 20.7. The van der Waals surface area contributed by atoms with Crippen molar-refractivity contribution in [1.82, 2.24) is 0 Å². The summed E-state index contributed by atoms with van der Waals surface area (Å²) in [6.45, 7) is 0. The Labute approximate surface area is 209 Å². The maximum atomic E-state index is 13.4. The van der Waals surface area contributed by atoms with E-state index in [4.69, 9.17) is 0 Å². The molecule has 1 aliphatic rings. The Morgan fingerprint density at radius 1 is 0.703 bits per heavy atom. The van der Waals surface area contributed by atoms with Gasteiger partial charge in [0.1, 0.15) is 0 Å². The van der Waals surface area contributed by atoms with Crippen molar-refractivity contribution in [2.45, 2.75) is 30.6 Å². The zero-order valence-electron chi connectivity index (χ0n) is 19.2. The van der Waals surface area contributed by atoms with Gasteiger partial charge in [-0.15, -0.1) is 0 Å². The highest BCUT2D eigenvalue weighted by molar-refractivity contribution is 6.14. The van der Waals surface area contributed by atoms with Gasteiger partial charge in [0.2, 0.25) is 0 Å². The maximum absolute atomic E-state index is 13.4. The molecule has 2 nitrogen and oxygen atoms in total. The fraction of sp³-hybridized carbons (Fsp3) is 0.172. The van der Waals surface area contributed by atoms with E-state index in [2.05, 4.69) is 6.07 Å². The highest BCUT2D eigenvalue weighted by Crippen LogP contribution is 2.44. The lowest BCUT2D eigenvalue weighted by molar-refractivity contribution is -0.138. The molecule has 1 unspecified atom stereocenters. The summed E-state index contributed by atoms with van der Waals surface area (Å²) in [5.74, 6) is -0.531. The monoisotopic (exact) mass is 511 g/mol. The molecule has 0 radical (unpaired) electrons. The van der Waals surface area contributed by atoms with Crippen LogP contribution in [0.2, 0.25) is 0 Å². The summed E-state index contributed by atoms with van der Waals surface area (Å²) in [6, 6.07) is 19.8. The molecule has 1 saturated carbocycles. The topological polar surface area (TPSA) is 40.9 Å². The number of nitriles is 1. The average molecular weight is 511 g/mol. The average Bonchev–Trinajstić information content (AvgIpc) is 2.86. The number of carbonyl (C=O) groups is 1. The lowest BCUT2D eigenvalue weighted by Gasteiger charge is -2.33. The number of benzene rings is 3. The van der Waals surface area contributed by atoms with Crippen LogP contribution >= 0.6 is 0 Å². The van der Waals surface area contributed by atoms with E-state index in [0.29, 0.717) is 5.56 Å². The van der Waals surface area contributed by atoms with Crippen molar-refractivity contribution in [3.8, 4) is 6.07 Å². The van der Waals surface area contributed by atoms with Crippen LogP contribution in [0.4, 0.5) is 26.3 Å². The van der Waals surface area contributed by atoms with E-state index in [0.717, 1.165) is 24.3 Å². The molecule has 0 aliphatic heterocycles. The van der Waals surface area contributed by atoms with Gasteiger partial charge < -0.3 is 0 Å². The number of alkyl halides is 6. The maximum Gasteiger partial charge on any atom is 0.416 e. The van der Waals surface area contributed by atoms with Crippen molar-refractivity contribution in [3.63, 3.8) is 0 Å². The SMILES string of the molecule is N#CC1(c2ccccc2)C/C(=C/c2cccc(C(F)(F)F)c2)C(=O)/C(=C/c2cccc(C(F)(F)F)c2)C1. The molecule has 0 heterocycles. The van der Waals surface area contributed by atoms with Crippen molar-refractivity contribution in [2.75, 3.05) is 0 Å². The van der Waals surface area contributed by atoms with E-state index in [9.17, 15) is 36.4 Å². The first kappa shape index (κ1) is 26.0. The lowest BCUT2D eigenvalue weighted by atomic mass is 9.66. The molecule has 1 fully saturated rings. The van der Waals surface area contributed by atoms with Crippen molar-refractivity contribution in [2.24, 2.45) is 0 Å². The molecule has 0 amide bonds. The Kier molecular flexibility index (Phi) is 6.83. The molecule has 0 saturated heterocycles. The van der Waals surface area contributed by atoms with E-state index >= 15 is 0 Å². The molecule has 3 aromatic carbocycles. The number of hydrogen-bond acceptors (Lipinski definition) is 2. The van der Waals surface area contributed by atoms with Crippen LogP contribution in [-0.4, -0.2) is 5.78 Å². The van der Waals surface area contributed by atoms with Crippen LogP contribution in [0.5, 0.6) is 0 Å². The van der Waals surface area contributed by atoms with Crippen molar-refractivity contribution in [3.05, 3.63) is 118 Å². The number of allylic oxidation sites excluding steroid dienone is 2. The summed E-state index contributed by atoms with van der Waals surface area (Å²) in [4.78, 5) is 13.4. The summed E-state index contributed by atoms with van der Waals surface area (Å²) in [5, 5.41) is 10.2. The van der Waals surface area contributed by atoms with Crippen molar-refractivity contribution in [1.29, 1.82) is 5.26 Å². The van der Waals surface area contributed by atoms with Gasteiger partial charge in [-0.3, -0.25) is 4.79 Å².